The van der Waals surface area contributed by atoms with E-state index in [2.05, 4.69) is 42.1 Å². The third-order valence-electron chi connectivity index (χ3n) is 5.88. The standard InChI is InChI=1S/C23H31ClN2O/c1-3-4-13-25-23(27)22-12-14-26(17(22)2)16-18-6-5-7-20(15-18)19-8-10-21(24)11-9-19/h8-12,14,18,20H,3-7,13,15-16H2,1-2H3,(H,25,27). The molecule has 1 aliphatic carbocycles. The van der Waals surface area contributed by atoms with Crippen LogP contribution in [0.1, 0.15) is 73.0 Å². The Labute approximate surface area is 168 Å². The van der Waals surface area contributed by atoms with Gasteiger partial charge >= 0.3 is 0 Å². The lowest BCUT2D eigenvalue weighted by molar-refractivity contribution is 0.0952. The van der Waals surface area contributed by atoms with E-state index in [9.17, 15) is 4.79 Å². The average molecular weight is 387 g/mol. The summed E-state index contributed by atoms with van der Waals surface area (Å²) < 4.78 is 2.27. The molecule has 1 heterocycles. The van der Waals surface area contributed by atoms with Gasteiger partial charge < -0.3 is 9.88 Å². The van der Waals surface area contributed by atoms with E-state index in [0.29, 0.717) is 11.8 Å². The maximum atomic E-state index is 12.4. The summed E-state index contributed by atoms with van der Waals surface area (Å²) in [6.07, 6.45) is 9.19. The highest BCUT2D eigenvalue weighted by molar-refractivity contribution is 6.30. The van der Waals surface area contributed by atoms with E-state index < -0.39 is 0 Å². The lowest BCUT2D eigenvalue weighted by Crippen LogP contribution is -2.25. The minimum Gasteiger partial charge on any atom is -0.352 e. The van der Waals surface area contributed by atoms with Gasteiger partial charge in [0.05, 0.1) is 5.56 Å². The number of amides is 1. The molecule has 0 saturated heterocycles. The van der Waals surface area contributed by atoms with Crippen molar-refractivity contribution in [1.29, 1.82) is 0 Å². The van der Waals surface area contributed by atoms with Gasteiger partial charge in [-0.05, 0) is 68.2 Å². The molecule has 1 N–H and O–H groups in total. The van der Waals surface area contributed by atoms with Crippen LogP contribution in [0.25, 0.3) is 0 Å². The van der Waals surface area contributed by atoms with Crippen LogP contribution in [0.5, 0.6) is 0 Å². The van der Waals surface area contributed by atoms with E-state index >= 15 is 0 Å². The maximum absolute atomic E-state index is 12.4. The average Bonchev–Trinajstić information content (AvgIpc) is 3.03. The Hall–Kier alpha value is -1.74. The largest absolute Gasteiger partial charge is 0.352 e. The maximum Gasteiger partial charge on any atom is 0.253 e. The number of carbonyl (C=O) groups is 1. The van der Waals surface area contributed by atoms with E-state index in [-0.39, 0.29) is 5.91 Å². The fraction of sp³-hybridized carbons (Fsp3) is 0.522. The molecule has 146 valence electrons. The SMILES string of the molecule is CCCCNC(=O)c1ccn(CC2CCCC(c3ccc(Cl)cc3)C2)c1C. The summed E-state index contributed by atoms with van der Waals surface area (Å²) in [5.41, 5.74) is 3.30. The number of unbranched alkanes of at least 4 members (excludes halogenated alkanes) is 1. The van der Waals surface area contributed by atoms with Crippen LogP contribution in [0.15, 0.2) is 36.5 Å². The molecule has 1 aliphatic rings. The highest BCUT2D eigenvalue weighted by atomic mass is 35.5. The predicted molar refractivity (Wildman–Crippen MR) is 113 cm³/mol. The number of aromatic nitrogens is 1. The number of nitrogens with one attached hydrogen (secondary N) is 1. The van der Waals surface area contributed by atoms with Gasteiger partial charge in [0.15, 0.2) is 0 Å². The van der Waals surface area contributed by atoms with Gasteiger partial charge in [0.1, 0.15) is 0 Å². The van der Waals surface area contributed by atoms with Crippen LogP contribution < -0.4 is 5.32 Å². The van der Waals surface area contributed by atoms with Crippen molar-refractivity contribution in [2.45, 2.75) is 64.8 Å². The summed E-state index contributed by atoms with van der Waals surface area (Å²) in [6, 6.07) is 10.3. The van der Waals surface area contributed by atoms with Crippen LogP contribution in [-0.2, 0) is 6.54 Å². The van der Waals surface area contributed by atoms with Gasteiger partial charge in [0, 0.05) is 30.0 Å². The second kappa shape index (κ2) is 9.45. The monoisotopic (exact) mass is 386 g/mol. The van der Waals surface area contributed by atoms with Gasteiger partial charge in [-0.2, -0.15) is 0 Å². The summed E-state index contributed by atoms with van der Waals surface area (Å²) >= 11 is 6.04. The third kappa shape index (κ3) is 5.16. The lowest BCUT2D eigenvalue weighted by Gasteiger charge is -2.30. The third-order valence-corrected chi connectivity index (χ3v) is 6.13. The first kappa shape index (κ1) is 20.0. The number of halogens is 1. The van der Waals surface area contributed by atoms with Crippen molar-refractivity contribution in [3.05, 3.63) is 58.4 Å². The van der Waals surface area contributed by atoms with Gasteiger partial charge in [-0.3, -0.25) is 4.79 Å². The molecule has 3 rings (SSSR count). The Morgan fingerprint density at radius 1 is 1.22 bits per heavy atom. The Morgan fingerprint density at radius 3 is 2.74 bits per heavy atom. The van der Waals surface area contributed by atoms with E-state index in [1.165, 1.54) is 31.2 Å². The van der Waals surface area contributed by atoms with Gasteiger partial charge in [0.2, 0.25) is 0 Å². The van der Waals surface area contributed by atoms with Gasteiger partial charge in [-0.1, -0.05) is 43.5 Å². The van der Waals surface area contributed by atoms with Gasteiger partial charge in [-0.15, -0.1) is 0 Å². The van der Waals surface area contributed by atoms with E-state index in [1.807, 2.05) is 18.2 Å². The van der Waals surface area contributed by atoms with Crippen molar-refractivity contribution in [1.82, 2.24) is 9.88 Å². The Kier molecular flexibility index (Phi) is 7.01. The Bertz CT molecular complexity index is 750. The predicted octanol–water partition coefficient (Wildman–Crippen LogP) is 5.95. The van der Waals surface area contributed by atoms with Crippen molar-refractivity contribution in [2.24, 2.45) is 5.92 Å². The van der Waals surface area contributed by atoms with Gasteiger partial charge in [-0.25, -0.2) is 0 Å². The molecule has 2 atom stereocenters. The fourth-order valence-corrected chi connectivity index (χ4v) is 4.36. The quantitative estimate of drug-likeness (QED) is 0.586. The van der Waals surface area contributed by atoms with E-state index in [0.717, 1.165) is 42.2 Å². The minimum atomic E-state index is 0.0578. The first-order valence-electron chi connectivity index (χ1n) is 10.3. The molecule has 27 heavy (non-hydrogen) atoms. The number of nitrogens with zero attached hydrogens (tertiary/aromatic N) is 1. The molecule has 0 aliphatic heterocycles. The molecule has 1 aromatic heterocycles. The number of rotatable bonds is 7. The van der Waals surface area contributed by atoms with Crippen LogP contribution >= 0.6 is 11.6 Å². The van der Waals surface area contributed by atoms with E-state index in [4.69, 9.17) is 11.6 Å². The summed E-state index contributed by atoms with van der Waals surface area (Å²) in [5, 5.41) is 3.83. The van der Waals surface area contributed by atoms with Crippen LogP contribution in [0.3, 0.4) is 0 Å². The normalized spacial score (nSPS) is 19.8. The minimum absolute atomic E-state index is 0.0578. The molecule has 0 spiro atoms. The number of benzene rings is 1. The summed E-state index contributed by atoms with van der Waals surface area (Å²) in [4.78, 5) is 12.4. The molecule has 1 aromatic carbocycles. The van der Waals surface area contributed by atoms with Crippen LogP contribution in [0.4, 0.5) is 0 Å². The summed E-state index contributed by atoms with van der Waals surface area (Å²) in [6.45, 7) is 5.95. The Morgan fingerprint density at radius 2 is 2.00 bits per heavy atom. The van der Waals surface area contributed by atoms with Crippen LogP contribution in [-0.4, -0.2) is 17.0 Å². The highest BCUT2D eigenvalue weighted by Gasteiger charge is 2.24. The summed E-state index contributed by atoms with van der Waals surface area (Å²) in [7, 11) is 0. The molecule has 0 bridgehead atoms. The molecule has 2 unspecified atom stereocenters. The highest BCUT2D eigenvalue weighted by Crippen LogP contribution is 2.37. The van der Waals surface area contributed by atoms with Crippen LogP contribution in [0.2, 0.25) is 5.02 Å². The van der Waals surface area contributed by atoms with E-state index in [1.54, 1.807) is 0 Å². The van der Waals surface area contributed by atoms with Gasteiger partial charge in [0.25, 0.3) is 5.91 Å². The zero-order valence-corrected chi connectivity index (χ0v) is 17.3. The molecular formula is C23H31ClN2O. The summed E-state index contributed by atoms with van der Waals surface area (Å²) in [5.74, 6) is 1.33. The molecular weight excluding hydrogens is 356 g/mol. The second-order valence-corrected chi connectivity index (χ2v) is 8.29. The molecule has 0 radical (unpaired) electrons. The number of hydrogen-bond acceptors (Lipinski definition) is 1. The van der Waals surface area contributed by atoms with Crippen molar-refractivity contribution < 1.29 is 4.79 Å². The topological polar surface area (TPSA) is 34.0 Å². The van der Waals surface area contributed by atoms with Crippen molar-refractivity contribution in [3.63, 3.8) is 0 Å². The molecule has 3 nitrogen and oxygen atoms in total. The zero-order chi connectivity index (χ0) is 19.2. The zero-order valence-electron chi connectivity index (χ0n) is 16.5. The van der Waals surface area contributed by atoms with Crippen LogP contribution in [0, 0.1) is 12.8 Å². The molecule has 2 aromatic rings. The first-order chi connectivity index (χ1) is 13.1. The number of carbonyl (C=O) groups excluding carboxylic acids is 1. The van der Waals surface area contributed by atoms with Crippen molar-refractivity contribution in [3.8, 4) is 0 Å². The molecule has 4 heteroatoms. The molecule has 1 amide bonds. The van der Waals surface area contributed by atoms with Crippen molar-refractivity contribution >= 4 is 17.5 Å². The van der Waals surface area contributed by atoms with Crippen molar-refractivity contribution in [2.75, 3.05) is 6.54 Å². The molecule has 1 saturated carbocycles. The Balaban J connectivity index is 1.61. The smallest absolute Gasteiger partial charge is 0.253 e. The second-order valence-electron chi connectivity index (χ2n) is 7.86. The first-order valence-corrected chi connectivity index (χ1v) is 10.7. The number of hydrogen-bond donors (Lipinski definition) is 1. The lowest BCUT2D eigenvalue weighted by atomic mass is 9.78. The molecule has 1 fully saturated rings. The fourth-order valence-electron chi connectivity index (χ4n) is 4.24.